The minimum atomic E-state index is -0.0275. The number of morpholine rings is 1. The van der Waals surface area contributed by atoms with E-state index in [9.17, 15) is 4.79 Å². The smallest absolute Gasteiger partial charge is 0.252 e. The SMILES string of the molecule is Cc1c(-c2ccccc2)nc2ccccc2c1C(=O)NCCCN1CCOCC1. The third-order valence-electron chi connectivity index (χ3n) is 5.45. The molecule has 1 N–H and O–H groups in total. The molecule has 0 bridgehead atoms. The van der Waals surface area contributed by atoms with Gasteiger partial charge in [-0.2, -0.15) is 0 Å². The number of ether oxygens (including phenoxy) is 1. The Morgan fingerprint density at radius 1 is 1.07 bits per heavy atom. The van der Waals surface area contributed by atoms with Crippen LogP contribution in [0.4, 0.5) is 0 Å². The quantitative estimate of drug-likeness (QED) is 0.654. The Balaban J connectivity index is 1.55. The highest BCUT2D eigenvalue weighted by molar-refractivity contribution is 6.08. The number of aromatic nitrogens is 1. The van der Waals surface area contributed by atoms with Gasteiger partial charge in [-0.3, -0.25) is 9.69 Å². The van der Waals surface area contributed by atoms with Gasteiger partial charge in [0.1, 0.15) is 0 Å². The lowest BCUT2D eigenvalue weighted by atomic mass is 9.97. The van der Waals surface area contributed by atoms with Crippen molar-refractivity contribution in [3.8, 4) is 11.3 Å². The number of pyridine rings is 1. The number of hydrogen-bond donors (Lipinski definition) is 1. The van der Waals surface area contributed by atoms with E-state index < -0.39 is 0 Å². The third kappa shape index (κ3) is 4.47. The number of nitrogens with zero attached hydrogens (tertiary/aromatic N) is 2. The van der Waals surface area contributed by atoms with Crippen molar-refractivity contribution >= 4 is 16.8 Å². The maximum Gasteiger partial charge on any atom is 0.252 e. The Bertz CT molecular complexity index is 982. The van der Waals surface area contributed by atoms with Crippen LogP contribution in [-0.4, -0.2) is 55.2 Å². The maximum atomic E-state index is 13.1. The molecule has 1 saturated heterocycles. The van der Waals surface area contributed by atoms with Gasteiger partial charge in [0.25, 0.3) is 5.91 Å². The molecule has 2 heterocycles. The summed E-state index contributed by atoms with van der Waals surface area (Å²) in [4.78, 5) is 20.4. The van der Waals surface area contributed by atoms with Crippen LogP contribution in [0, 0.1) is 6.92 Å². The van der Waals surface area contributed by atoms with Crippen molar-refractivity contribution < 1.29 is 9.53 Å². The second-order valence-corrected chi connectivity index (χ2v) is 7.41. The number of benzene rings is 2. The molecule has 0 radical (unpaired) electrons. The Hall–Kier alpha value is -2.76. The monoisotopic (exact) mass is 389 g/mol. The Labute approximate surface area is 171 Å². The zero-order chi connectivity index (χ0) is 20.1. The van der Waals surface area contributed by atoms with Crippen molar-refractivity contribution in [2.24, 2.45) is 0 Å². The van der Waals surface area contributed by atoms with E-state index in [-0.39, 0.29) is 5.91 Å². The predicted molar refractivity (Wildman–Crippen MR) is 116 cm³/mol. The average molecular weight is 389 g/mol. The van der Waals surface area contributed by atoms with Crippen molar-refractivity contribution in [3.63, 3.8) is 0 Å². The molecule has 5 heteroatoms. The molecular formula is C24H27N3O2. The van der Waals surface area contributed by atoms with Crippen molar-refractivity contribution in [3.05, 3.63) is 65.7 Å². The van der Waals surface area contributed by atoms with E-state index >= 15 is 0 Å². The lowest BCUT2D eigenvalue weighted by molar-refractivity contribution is 0.0374. The number of hydrogen-bond acceptors (Lipinski definition) is 4. The van der Waals surface area contributed by atoms with E-state index in [2.05, 4.69) is 10.2 Å². The molecule has 0 unspecified atom stereocenters. The number of fused-ring (bicyclic) bond motifs is 1. The normalized spacial score (nSPS) is 14.8. The van der Waals surface area contributed by atoms with Crippen LogP contribution in [0.1, 0.15) is 22.3 Å². The van der Waals surface area contributed by atoms with Gasteiger partial charge in [-0.25, -0.2) is 4.98 Å². The third-order valence-corrected chi connectivity index (χ3v) is 5.45. The van der Waals surface area contributed by atoms with E-state index in [4.69, 9.17) is 9.72 Å². The summed E-state index contributed by atoms with van der Waals surface area (Å²) >= 11 is 0. The number of amides is 1. The van der Waals surface area contributed by atoms with Crippen LogP contribution < -0.4 is 5.32 Å². The fourth-order valence-corrected chi connectivity index (χ4v) is 3.89. The van der Waals surface area contributed by atoms with Crippen molar-refractivity contribution in [1.82, 2.24) is 15.2 Å². The molecule has 0 aliphatic carbocycles. The highest BCUT2D eigenvalue weighted by Crippen LogP contribution is 2.29. The minimum Gasteiger partial charge on any atom is -0.379 e. The van der Waals surface area contributed by atoms with Gasteiger partial charge in [-0.1, -0.05) is 48.5 Å². The zero-order valence-corrected chi connectivity index (χ0v) is 16.9. The van der Waals surface area contributed by atoms with Crippen LogP contribution in [0.5, 0.6) is 0 Å². The first-order valence-electron chi connectivity index (χ1n) is 10.3. The Morgan fingerprint density at radius 2 is 1.79 bits per heavy atom. The summed E-state index contributed by atoms with van der Waals surface area (Å²) in [7, 11) is 0. The molecule has 3 aromatic rings. The van der Waals surface area contributed by atoms with Crippen LogP contribution in [0.25, 0.3) is 22.2 Å². The minimum absolute atomic E-state index is 0.0275. The summed E-state index contributed by atoms with van der Waals surface area (Å²) in [5, 5.41) is 4.02. The molecule has 1 fully saturated rings. The number of para-hydroxylation sites is 1. The van der Waals surface area contributed by atoms with E-state index in [1.165, 1.54) is 0 Å². The van der Waals surface area contributed by atoms with Crippen LogP contribution >= 0.6 is 0 Å². The van der Waals surface area contributed by atoms with Gasteiger partial charge in [0, 0.05) is 30.6 Å². The van der Waals surface area contributed by atoms with Crippen LogP contribution in [-0.2, 0) is 4.74 Å². The van der Waals surface area contributed by atoms with Gasteiger partial charge in [-0.05, 0) is 31.5 Å². The average Bonchev–Trinajstić information content (AvgIpc) is 2.77. The Morgan fingerprint density at radius 3 is 2.59 bits per heavy atom. The molecule has 1 amide bonds. The fourth-order valence-electron chi connectivity index (χ4n) is 3.89. The lowest BCUT2D eigenvalue weighted by Gasteiger charge is -2.26. The molecule has 1 aliphatic rings. The second kappa shape index (κ2) is 9.16. The van der Waals surface area contributed by atoms with Crippen LogP contribution in [0.15, 0.2) is 54.6 Å². The van der Waals surface area contributed by atoms with E-state index in [0.29, 0.717) is 6.54 Å². The standard InChI is InChI=1S/C24H27N3O2/c1-18-22(24(28)25-12-7-13-27-14-16-29-17-15-27)20-10-5-6-11-21(20)26-23(18)19-8-3-2-4-9-19/h2-6,8-11H,7,12-17H2,1H3,(H,25,28). The molecule has 4 rings (SSSR count). The summed E-state index contributed by atoms with van der Waals surface area (Å²) in [6.07, 6.45) is 0.930. The van der Waals surface area contributed by atoms with Gasteiger partial charge in [0.15, 0.2) is 0 Å². The summed E-state index contributed by atoms with van der Waals surface area (Å²) in [5.41, 5.74) is 4.37. The Kier molecular flexibility index (Phi) is 6.17. The summed E-state index contributed by atoms with van der Waals surface area (Å²) in [6, 6.07) is 17.9. The number of carbonyl (C=O) groups is 1. The first kappa shape index (κ1) is 19.6. The molecule has 0 saturated carbocycles. The molecular weight excluding hydrogens is 362 g/mol. The molecule has 29 heavy (non-hydrogen) atoms. The lowest BCUT2D eigenvalue weighted by Crippen LogP contribution is -2.38. The predicted octanol–water partition coefficient (Wildman–Crippen LogP) is 3.66. The highest BCUT2D eigenvalue weighted by atomic mass is 16.5. The number of rotatable bonds is 6. The zero-order valence-electron chi connectivity index (χ0n) is 16.9. The van der Waals surface area contributed by atoms with Gasteiger partial charge in [0.05, 0.1) is 30.0 Å². The van der Waals surface area contributed by atoms with E-state index in [1.54, 1.807) is 0 Å². The van der Waals surface area contributed by atoms with Crippen LogP contribution in [0.3, 0.4) is 0 Å². The van der Waals surface area contributed by atoms with Crippen molar-refractivity contribution in [2.75, 3.05) is 39.4 Å². The number of carbonyl (C=O) groups excluding carboxylic acids is 1. The second-order valence-electron chi connectivity index (χ2n) is 7.41. The summed E-state index contributed by atoms with van der Waals surface area (Å²) < 4.78 is 5.39. The van der Waals surface area contributed by atoms with Gasteiger partial charge >= 0.3 is 0 Å². The van der Waals surface area contributed by atoms with Crippen molar-refractivity contribution in [2.45, 2.75) is 13.3 Å². The van der Waals surface area contributed by atoms with Gasteiger partial charge in [0.2, 0.25) is 0 Å². The van der Waals surface area contributed by atoms with E-state index in [0.717, 1.165) is 72.6 Å². The molecule has 5 nitrogen and oxygen atoms in total. The van der Waals surface area contributed by atoms with Crippen LogP contribution in [0.2, 0.25) is 0 Å². The van der Waals surface area contributed by atoms with Gasteiger partial charge < -0.3 is 10.1 Å². The molecule has 1 aromatic heterocycles. The van der Waals surface area contributed by atoms with Crippen molar-refractivity contribution in [1.29, 1.82) is 0 Å². The van der Waals surface area contributed by atoms with E-state index in [1.807, 2.05) is 61.5 Å². The first-order chi connectivity index (χ1) is 14.2. The molecule has 0 atom stereocenters. The number of nitrogens with one attached hydrogen (secondary N) is 1. The molecule has 150 valence electrons. The highest BCUT2D eigenvalue weighted by Gasteiger charge is 2.18. The molecule has 2 aromatic carbocycles. The topological polar surface area (TPSA) is 54.5 Å². The summed E-state index contributed by atoms with van der Waals surface area (Å²) in [5.74, 6) is -0.0275. The maximum absolute atomic E-state index is 13.1. The molecule has 1 aliphatic heterocycles. The van der Waals surface area contributed by atoms with Gasteiger partial charge in [-0.15, -0.1) is 0 Å². The molecule has 0 spiro atoms. The fraction of sp³-hybridized carbons (Fsp3) is 0.333. The summed E-state index contributed by atoms with van der Waals surface area (Å²) in [6.45, 7) is 7.19. The first-order valence-corrected chi connectivity index (χ1v) is 10.3. The largest absolute Gasteiger partial charge is 0.379 e.